The maximum atomic E-state index is 12.8. The van der Waals surface area contributed by atoms with Crippen LogP contribution in [0.3, 0.4) is 0 Å². The topological polar surface area (TPSA) is 57.7 Å². The SMILES string of the molecule is COC(=O)Cc1cc(SCc2sc(-c3ccc(C(F)(F)F)cc3)nc2C)c(OC)cc1OC. The summed E-state index contributed by atoms with van der Waals surface area (Å²) in [5.41, 5.74) is 1.43. The molecule has 10 heteroatoms. The average Bonchev–Trinajstić information content (AvgIpc) is 3.17. The van der Waals surface area contributed by atoms with Gasteiger partial charge in [-0.3, -0.25) is 4.79 Å². The second-order valence-electron chi connectivity index (χ2n) is 6.96. The summed E-state index contributed by atoms with van der Waals surface area (Å²) >= 11 is 2.94. The van der Waals surface area contributed by atoms with Crippen molar-refractivity contribution in [1.29, 1.82) is 0 Å². The van der Waals surface area contributed by atoms with E-state index >= 15 is 0 Å². The molecule has 176 valence electrons. The first-order chi connectivity index (χ1) is 15.7. The number of halogens is 3. The number of nitrogens with zero attached hydrogens (tertiary/aromatic N) is 1. The summed E-state index contributed by atoms with van der Waals surface area (Å²) in [5, 5.41) is 0.657. The van der Waals surface area contributed by atoms with Gasteiger partial charge in [0.15, 0.2) is 0 Å². The number of ether oxygens (including phenoxy) is 3. The Kier molecular flexibility index (Phi) is 7.91. The minimum atomic E-state index is -4.37. The zero-order chi connectivity index (χ0) is 24.2. The quantitative estimate of drug-likeness (QED) is 0.274. The van der Waals surface area contributed by atoms with Gasteiger partial charge in [-0.1, -0.05) is 12.1 Å². The standard InChI is InChI=1S/C23H22F3NO4S2/c1-13-20(33-22(27-13)14-5-7-16(8-6-14)23(24,25)26)12-32-19-9-15(10-21(28)31-4)17(29-2)11-18(19)30-3/h5-9,11H,10,12H2,1-4H3. The number of carbonyl (C=O) groups excluding carboxylic acids is 1. The van der Waals surface area contributed by atoms with Gasteiger partial charge >= 0.3 is 12.1 Å². The van der Waals surface area contributed by atoms with Gasteiger partial charge in [-0.15, -0.1) is 23.1 Å². The Labute approximate surface area is 197 Å². The third-order valence-corrected chi connectivity index (χ3v) is 7.29. The van der Waals surface area contributed by atoms with Gasteiger partial charge in [-0.25, -0.2) is 4.98 Å². The van der Waals surface area contributed by atoms with Crippen LogP contribution in [-0.4, -0.2) is 32.3 Å². The lowest BCUT2D eigenvalue weighted by Gasteiger charge is -2.14. The third kappa shape index (κ3) is 6.00. The number of alkyl halides is 3. The summed E-state index contributed by atoms with van der Waals surface area (Å²) in [7, 11) is 4.40. The van der Waals surface area contributed by atoms with Crippen LogP contribution in [0.15, 0.2) is 41.3 Å². The van der Waals surface area contributed by atoms with Crippen LogP contribution in [0.5, 0.6) is 11.5 Å². The summed E-state index contributed by atoms with van der Waals surface area (Å²) in [6, 6.07) is 8.56. The van der Waals surface area contributed by atoms with Crippen molar-refractivity contribution in [2.45, 2.75) is 30.2 Å². The molecule has 0 saturated carbocycles. The molecule has 3 aromatic rings. The molecule has 0 aliphatic carbocycles. The fraction of sp³-hybridized carbons (Fsp3) is 0.304. The zero-order valence-electron chi connectivity index (χ0n) is 18.4. The van der Waals surface area contributed by atoms with E-state index in [1.807, 2.05) is 13.0 Å². The van der Waals surface area contributed by atoms with Crippen molar-refractivity contribution in [3.05, 3.63) is 58.1 Å². The molecule has 0 aliphatic rings. The second kappa shape index (κ2) is 10.5. The summed E-state index contributed by atoms with van der Waals surface area (Å²) in [6.45, 7) is 1.87. The van der Waals surface area contributed by atoms with Crippen molar-refractivity contribution in [3.8, 4) is 22.1 Å². The Morgan fingerprint density at radius 2 is 1.73 bits per heavy atom. The fourth-order valence-electron chi connectivity index (χ4n) is 3.04. The minimum absolute atomic E-state index is 0.0644. The first-order valence-corrected chi connectivity index (χ1v) is 11.5. The van der Waals surface area contributed by atoms with E-state index in [1.54, 1.807) is 13.2 Å². The molecule has 0 bridgehead atoms. The smallest absolute Gasteiger partial charge is 0.416 e. The van der Waals surface area contributed by atoms with E-state index in [9.17, 15) is 18.0 Å². The predicted octanol–water partition coefficient (Wildman–Crippen LogP) is 6.16. The predicted molar refractivity (Wildman–Crippen MR) is 122 cm³/mol. The lowest BCUT2D eigenvalue weighted by Crippen LogP contribution is -2.06. The molecule has 0 fully saturated rings. The van der Waals surface area contributed by atoms with Gasteiger partial charge < -0.3 is 14.2 Å². The van der Waals surface area contributed by atoms with E-state index in [4.69, 9.17) is 14.2 Å². The lowest BCUT2D eigenvalue weighted by molar-refractivity contribution is -0.140. The van der Waals surface area contributed by atoms with Gasteiger partial charge in [0.1, 0.15) is 16.5 Å². The highest BCUT2D eigenvalue weighted by molar-refractivity contribution is 7.98. The number of aromatic nitrogens is 1. The van der Waals surface area contributed by atoms with Crippen LogP contribution in [0.25, 0.3) is 10.6 Å². The van der Waals surface area contributed by atoms with Crippen LogP contribution in [0, 0.1) is 6.92 Å². The molecule has 3 rings (SSSR count). The molecule has 0 aliphatic heterocycles. The number of hydrogen-bond donors (Lipinski definition) is 0. The van der Waals surface area contributed by atoms with E-state index in [0.717, 1.165) is 27.6 Å². The van der Waals surface area contributed by atoms with Gasteiger partial charge in [-0.2, -0.15) is 13.2 Å². The van der Waals surface area contributed by atoms with Crippen molar-refractivity contribution in [1.82, 2.24) is 4.98 Å². The average molecular weight is 498 g/mol. The molecule has 0 atom stereocenters. The highest BCUT2D eigenvalue weighted by Gasteiger charge is 2.30. The minimum Gasteiger partial charge on any atom is -0.496 e. The monoisotopic (exact) mass is 497 g/mol. The van der Waals surface area contributed by atoms with Crippen molar-refractivity contribution in [3.63, 3.8) is 0 Å². The third-order valence-electron chi connectivity index (χ3n) is 4.84. The van der Waals surface area contributed by atoms with Crippen molar-refractivity contribution >= 4 is 29.1 Å². The maximum absolute atomic E-state index is 12.8. The Bertz CT molecular complexity index is 1130. The summed E-state index contributed by atoms with van der Waals surface area (Å²) in [5.74, 6) is 1.33. The molecule has 0 amide bonds. The number of aryl methyl sites for hydroxylation is 1. The van der Waals surface area contributed by atoms with E-state index in [-0.39, 0.29) is 12.4 Å². The Balaban J connectivity index is 1.82. The Morgan fingerprint density at radius 3 is 2.30 bits per heavy atom. The van der Waals surface area contributed by atoms with Gasteiger partial charge in [0.05, 0.1) is 43.9 Å². The molecule has 0 N–H and O–H groups in total. The Morgan fingerprint density at radius 1 is 1.06 bits per heavy atom. The van der Waals surface area contributed by atoms with Crippen molar-refractivity contribution < 1.29 is 32.2 Å². The molecule has 1 aromatic heterocycles. The Hall–Kier alpha value is -2.72. The van der Waals surface area contributed by atoms with E-state index in [0.29, 0.717) is 33.4 Å². The number of esters is 1. The van der Waals surface area contributed by atoms with Crippen molar-refractivity contribution in [2.75, 3.05) is 21.3 Å². The summed E-state index contributed by atoms with van der Waals surface area (Å²) < 4.78 is 54.1. The molecule has 0 spiro atoms. The van der Waals surface area contributed by atoms with Gasteiger partial charge in [0, 0.05) is 27.8 Å². The van der Waals surface area contributed by atoms with Gasteiger partial charge in [0.2, 0.25) is 0 Å². The summed E-state index contributed by atoms with van der Waals surface area (Å²) in [4.78, 5) is 18.1. The maximum Gasteiger partial charge on any atom is 0.416 e. The molecule has 0 saturated heterocycles. The molecule has 0 unspecified atom stereocenters. The molecule has 0 radical (unpaired) electrons. The summed E-state index contributed by atoms with van der Waals surface area (Å²) in [6.07, 6.45) is -4.31. The number of thiazole rings is 1. The number of hydrogen-bond acceptors (Lipinski definition) is 7. The van der Waals surface area contributed by atoms with Crippen molar-refractivity contribution in [2.24, 2.45) is 0 Å². The molecule has 5 nitrogen and oxygen atoms in total. The molecule has 2 aromatic carbocycles. The number of rotatable bonds is 8. The van der Waals surface area contributed by atoms with Crippen LogP contribution < -0.4 is 9.47 Å². The van der Waals surface area contributed by atoms with Gasteiger partial charge in [0.25, 0.3) is 0 Å². The molecule has 33 heavy (non-hydrogen) atoms. The highest BCUT2D eigenvalue weighted by Crippen LogP contribution is 2.40. The van der Waals surface area contributed by atoms with E-state index < -0.39 is 11.7 Å². The first kappa shape index (κ1) is 24.9. The first-order valence-electron chi connectivity index (χ1n) is 9.74. The van der Waals surface area contributed by atoms with Crippen LogP contribution in [-0.2, 0) is 27.9 Å². The van der Waals surface area contributed by atoms with Crippen LogP contribution in [0.1, 0.15) is 21.7 Å². The number of methoxy groups -OCH3 is 3. The normalized spacial score (nSPS) is 11.4. The highest BCUT2D eigenvalue weighted by atomic mass is 32.2. The second-order valence-corrected chi connectivity index (χ2v) is 9.06. The van der Waals surface area contributed by atoms with E-state index in [2.05, 4.69) is 4.98 Å². The number of benzene rings is 2. The molecule has 1 heterocycles. The van der Waals surface area contributed by atoms with Crippen LogP contribution in [0.2, 0.25) is 0 Å². The van der Waals surface area contributed by atoms with E-state index in [1.165, 1.54) is 49.5 Å². The molecular formula is C23H22F3NO4S2. The van der Waals surface area contributed by atoms with Crippen LogP contribution >= 0.6 is 23.1 Å². The molecular weight excluding hydrogens is 475 g/mol. The van der Waals surface area contributed by atoms with Gasteiger partial charge in [-0.05, 0) is 25.1 Å². The number of carbonyl (C=O) groups is 1. The number of thioether (sulfide) groups is 1. The largest absolute Gasteiger partial charge is 0.496 e. The zero-order valence-corrected chi connectivity index (χ0v) is 20.0. The van der Waals surface area contributed by atoms with Crippen LogP contribution in [0.4, 0.5) is 13.2 Å². The fourth-order valence-corrected chi connectivity index (χ4v) is 5.32. The lowest BCUT2D eigenvalue weighted by atomic mass is 10.1.